The Balaban J connectivity index is 1.90. The van der Waals surface area contributed by atoms with Gasteiger partial charge in [-0.1, -0.05) is 55.8 Å². The van der Waals surface area contributed by atoms with Gasteiger partial charge in [-0.3, -0.25) is 9.79 Å². The van der Waals surface area contributed by atoms with Crippen molar-refractivity contribution in [3.05, 3.63) is 70.8 Å². The van der Waals surface area contributed by atoms with Gasteiger partial charge < -0.3 is 15.5 Å². The molecule has 28 heavy (non-hydrogen) atoms. The highest BCUT2D eigenvalue weighted by atomic mass is 16.2. The standard InChI is InChI=1S/C23H32N4O/c1-17-7-13-20(14-8-17)23(2,3)16-26-22(24-4)25-15-18-9-11-19(12-10-18)21(28)27(5)6/h7-14H,15-16H2,1-6H3,(H2,24,25,26). The Morgan fingerprint density at radius 2 is 1.61 bits per heavy atom. The van der Waals surface area contributed by atoms with Crippen molar-refractivity contribution < 1.29 is 4.79 Å². The Morgan fingerprint density at radius 1 is 1.00 bits per heavy atom. The number of aliphatic imine (C=N–C) groups is 1. The summed E-state index contributed by atoms with van der Waals surface area (Å²) in [7, 11) is 5.28. The average Bonchev–Trinajstić information content (AvgIpc) is 2.68. The number of nitrogens with zero attached hydrogens (tertiary/aromatic N) is 2. The molecule has 0 bridgehead atoms. The zero-order valence-corrected chi connectivity index (χ0v) is 17.8. The molecule has 0 aliphatic heterocycles. The average molecular weight is 381 g/mol. The number of guanidine groups is 1. The van der Waals surface area contributed by atoms with Crippen molar-refractivity contribution in [1.82, 2.24) is 15.5 Å². The molecule has 150 valence electrons. The summed E-state index contributed by atoms with van der Waals surface area (Å²) in [5.41, 5.74) is 4.33. The van der Waals surface area contributed by atoms with Crippen LogP contribution >= 0.6 is 0 Å². The highest BCUT2D eigenvalue weighted by Gasteiger charge is 2.20. The van der Waals surface area contributed by atoms with Crippen LogP contribution in [0.15, 0.2) is 53.5 Å². The topological polar surface area (TPSA) is 56.7 Å². The van der Waals surface area contributed by atoms with Crippen molar-refractivity contribution in [2.24, 2.45) is 4.99 Å². The molecule has 5 heteroatoms. The second-order valence-corrected chi connectivity index (χ2v) is 7.93. The van der Waals surface area contributed by atoms with Crippen LogP contribution in [0.1, 0.15) is 40.9 Å². The van der Waals surface area contributed by atoms with Gasteiger partial charge in [-0.25, -0.2) is 0 Å². The van der Waals surface area contributed by atoms with Gasteiger partial charge in [-0.15, -0.1) is 0 Å². The Morgan fingerprint density at radius 3 is 2.14 bits per heavy atom. The number of carbonyl (C=O) groups is 1. The van der Waals surface area contributed by atoms with Crippen LogP contribution in [0, 0.1) is 6.92 Å². The largest absolute Gasteiger partial charge is 0.356 e. The zero-order valence-electron chi connectivity index (χ0n) is 17.8. The quantitative estimate of drug-likeness (QED) is 0.597. The third-order valence-electron chi connectivity index (χ3n) is 4.82. The van der Waals surface area contributed by atoms with Gasteiger partial charge in [0.05, 0.1) is 0 Å². The molecule has 0 unspecified atom stereocenters. The fourth-order valence-corrected chi connectivity index (χ4v) is 2.84. The van der Waals surface area contributed by atoms with E-state index in [0.717, 1.165) is 18.1 Å². The predicted octanol–water partition coefficient (Wildman–Crippen LogP) is 3.34. The number of nitrogens with one attached hydrogen (secondary N) is 2. The molecule has 2 aromatic carbocycles. The smallest absolute Gasteiger partial charge is 0.253 e. The minimum atomic E-state index is -0.0144. The highest BCUT2D eigenvalue weighted by molar-refractivity contribution is 5.93. The van der Waals surface area contributed by atoms with E-state index in [-0.39, 0.29) is 11.3 Å². The van der Waals surface area contributed by atoms with E-state index < -0.39 is 0 Å². The Hall–Kier alpha value is -2.82. The summed E-state index contributed by atoms with van der Waals surface area (Å²) in [6, 6.07) is 16.3. The van der Waals surface area contributed by atoms with Crippen molar-refractivity contribution in [3.8, 4) is 0 Å². The molecule has 0 heterocycles. The Kier molecular flexibility index (Phi) is 7.21. The summed E-state index contributed by atoms with van der Waals surface area (Å²) in [6.07, 6.45) is 0. The molecule has 0 fully saturated rings. The van der Waals surface area contributed by atoms with Crippen molar-refractivity contribution in [2.45, 2.75) is 32.7 Å². The second-order valence-electron chi connectivity index (χ2n) is 7.93. The van der Waals surface area contributed by atoms with Crippen LogP contribution in [0.25, 0.3) is 0 Å². The van der Waals surface area contributed by atoms with Crippen LogP contribution < -0.4 is 10.6 Å². The SMILES string of the molecule is CN=C(NCc1ccc(C(=O)N(C)C)cc1)NCC(C)(C)c1ccc(C)cc1. The van der Waals surface area contributed by atoms with E-state index in [1.165, 1.54) is 11.1 Å². The summed E-state index contributed by atoms with van der Waals surface area (Å²) < 4.78 is 0. The molecule has 1 amide bonds. The van der Waals surface area contributed by atoms with E-state index in [0.29, 0.717) is 12.1 Å². The first-order valence-corrected chi connectivity index (χ1v) is 9.55. The van der Waals surface area contributed by atoms with Gasteiger partial charge in [-0.05, 0) is 30.2 Å². The van der Waals surface area contributed by atoms with Crippen molar-refractivity contribution >= 4 is 11.9 Å². The Labute approximate surface area is 168 Å². The maximum atomic E-state index is 12.0. The van der Waals surface area contributed by atoms with Gasteiger partial charge in [0.2, 0.25) is 0 Å². The maximum Gasteiger partial charge on any atom is 0.253 e. The second kappa shape index (κ2) is 9.40. The molecule has 0 aliphatic rings. The molecule has 0 saturated heterocycles. The third-order valence-corrected chi connectivity index (χ3v) is 4.82. The van der Waals surface area contributed by atoms with Crippen molar-refractivity contribution in [2.75, 3.05) is 27.7 Å². The first kappa shape index (κ1) is 21.5. The fourth-order valence-electron chi connectivity index (χ4n) is 2.84. The summed E-state index contributed by atoms with van der Waals surface area (Å²) in [4.78, 5) is 17.9. The maximum absolute atomic E-state index is 12.0. The van der Waals surface area contributed by atoms with Crippen molar-refractivity contribution in [1.29, 1.82) is 0 Å². The number of hydrogen-bond donors (Lipinski definition) is 2. The number of rotatable bonds is 6. The molecule has 0 saturated carbocycles. The van der Waals surface area contributed by atoms with Crippen LogP contribution in [0.3, 0.4) is 0 Å². The fraction of sp³-hybridized carbons (Fsp3) is 0.391. The van der Waals surface area contributed by atoms with Crippen LogP contribution in [-0.4, -0.2) is 44.5 Å². The lowest BCUT2D eigenvalue weighted by atomic mass is 9.84. The molecule has 0 atom stereocenters. The Bertz CT molecular complexity index is 806. The monoisotopic (exact) mass is 380 g/mol. The zero-order chi connectivity index (χ0) is 20.7. The molecule has 0 spiro atoms. The lowest BCUT2D eigenvalue weighted by Gasteiger charge is -2.27. The van der Waals surface area contributed by atoms with Crippen molar-refractivity contribution in [3.63, 3.8) is 0 Å². The number of amides is 1. The van der Waals surface area contributed by atoms with Gasteiger partial charge in [0, 0.05) is 45.2 Å². The van der Waals surface area contributed by atoms with Gasteiger partial charge in [0.25, 0.3) is 5.91 Å². The van der Waals surface area contributed by atoms with Gasteiger partial charge in [-0.2, -0.15) is 0 Å². The predicted molar refractivity (Wildman–Crippen MR) is 117 cm³/mol. The molecule has 0 aromatic heterocycles. The highest BCUT2D eigenvalue weighted by Crippen LogP contribution is 2.22. The molecule has 5 nitrogen and oxygen atoms in total. The van der Waals surface area contributed by atoms with E-state index in [2.05, 4.69) is 60.7 Å². The molecule has 2 rings (SSSR count). The first-order valence-electron chi connectivity index (χ1n) is 9.55. The molecule has 0 aliphatic carbocycles. The van der Waals surface area contributed by atoms with Crippen LogP contribution in [-0.2, 0) is 12.0 Å². The van der Waals surface area contributed by atoms with Crippen LogP contribution in [0.5, 0.6) is 0 Å². The summed E-state index contributed by atoms with van der Waals surface area (Å²) in [5.74, 6) is 0.768. The molecule has 0 radical (unpaired) electrons. The molecule has 2 N–H and O–H groups in total. The number of carbonyl (C=O) groups excluding carboxylic acids is 1. The third kappa shape index (κ3) is 5.84. The molecular formula is C23H32N4O. The van der Waals surface area contributed by atoms with Gasteiger partial charge in [0.15, 0.2) is 5.96 Å². The summed E-state index contributed by atoms with van der Waals surface area (Å²) in [6.45, 7) is 7.95. The van der Waals surface area contributed by atoms with E-state index in [1.807, 2.05) is 24.3 Å². The van der Waals surface area contributed by atoms with E-state index in [1.54, 1.807) is 26.0 Å². The summed E-state index contributed by atoms with van der Waals surface area (Å²) >= 11 is 0. The van der Waals surface area contributed by atoms with Gasteiger partial charge >= 0.3 is 0 Å². The number of aryl methyl sites for hydroxylation is 1. The van der Waals surface area contributed by atoms with Crippen LogP contribution in [0.2, 0.25) is 0 Å². The lowest BCUT2D eigenvalue weighted by Crippen LogP contribution is -2.43. The van der Waals surface area contributed by atoms with E-state index >= 15 is 0 Å². The van der Waals surface area contributed by atoms with E-state index in [4.69, 9.17) is 0 Å². The molecular weight excluding hydrogens is 348 g/mol. The summed E-state index contributed by atoms with van der Waals surface area (Å²) in [5, 5.41) is 6.75. The lowest BCUT2D eigenvalue weighted by molar-refractivity contribution is 0.0827. The van der Waals surface area contributed by atoms with E-state index in [9.17, 15) is 4.79 Å². The van der Waals surface area contributed by atoms with Gasteiger partial charge in [0.1, 0.15) is 0 Å². The minimum absolute atomic E-state index is 0.00956. The number of benzene rings is 2. The normalized spacial score (nSPS) is 11.9. The number of hydrogen-bond acceptors (Lipinski definition) is 2. The van der Waals surface area contributed by atoms with Crippen LogP contribution in [0.4, 0.5) is 0 Å². The molecule has 2 aromatic rings. The minimum Gasteiger partial charge on any atom is -0.356 e. The first-order chi connectivity index (χ1) is 13.2.